The van der Waals surface area contributed by atoms with Crippen molar-refractivity contribution in [3.8, 4) is 0 Å². The highest BCUT2D eigenvalue weighted by atomic mass is 16.6. The predicted octanol–water partition coefficient (Wildman–Crippen LogP) is 4.25. The van der Waals surface area contributed by atoms with Crippen LogP contribution in [-0.2, 0) is 4.74 Å². The molecule has 0 bridgehead atoms. The number of unbranched alkanes of at least 4 members (excludes halogenated alkanes) is 1. The molecule has 0 saturated carbocycles. The molecular weight excluding hydrogens is 184 g/mol. The Morgan fingerprint density at radius 1 is 1.33 bits per heavy atom. The number of ether oxygens (including phenoxy) is 1. The first-order valence-corrected chi connectivity index (χ1v) is 6.01. The Bertz CT molecular complexity index is 248. The molecule has 0 radical (unpaired) electrons. The summed E-state index contributed by atoms with van der Waals surface area (Å²) in [7, 11) is 0. The van der Waals surface area contributed by atoms with Gasteiger partial charge >= 0.3 is 0 Å². The standard InChI is InChI=1S/C14H24O/c1-5-6-7-8-9-12(2)10-11-13-14(3,4)15-13/h5-6,9,13H,7-8,10-11H2,1-4H3/b6-5+,12-9+/t13-/m0/s1. The Labute approximate surface area is 94.2 Å². The third-order valence-corrected chi connectivity index (χ3v) is 3.03. The molecule has 1 heteroatoms. The minimum atomic E-state index is 0.158. The van der Waals surface area contributed by atoms with E-state index in [9.17, 15) is 0 Å². The van der Waals surface area contributed by atoms with E-state index in [0.717, 1.165) is 0 Å². The minimum Gasteiger partial charge on any atom is -0.367 e. The van der Waals surface area contributed by atoms with Crippen molar-refractivity contribution in [2.24, 2.45) is 0 Å². The molecule has 1 heterocycles. The van der Waals surface area contributed by atoms with Gasteiger partial charge in [0.15, 0.2) is 0 Å². The number of epoxide rings is 1. The van der Waals surface area contributed by atoms with E-state index in [2.05, 4.69) is 45.9 Å². The lowest BCUT2D eigenvalue weighted by molar-refractivity contribution is 0.320. The van der Waals surface area contributed by atoms with Crippen LogP contribution in [0.1, 0.15) is 53.4 Å². The fourth-order valence-corrected chi connectivity index (χ4v) is 1.79. The van der Waals surface area contributed by atoms with E-state index >= 15 is 0 Å². The molecule has 1 nitrogen and oxygen atoms in total. The second-order valence-electron chi connectivity index (χ2n) is 4.95. The molecule has 1 saturated heterocycles. The Balaban J connectivity index is 2.10. The van der Waals surface area contributed by atoms with Gasteiger partial charge in [0.1, 0.15) is 0 Å². The maximum atomic E-state index is 5.56. The Morgan fingerprint density at radius 2 is 2.00 bits per heavy atom. The van der Waals surface area contributed by atoms with Crippen LogP contribution in [0.4, 0.5) is 0 Å². The van der Waals surface area contributed by atoms with Gasteiger partial charge in [-0.1, -0.05) is 23.8 Å². The first-order valence-electron chi connectivity index (χ1n) is 6.01. The predicted molar refractivity (Wildman–Crippen MR) is 66.0 cm³/mol. The van der Waals surface area contributed by atoms with Crippen molar-refractivity contribution in [2.75, 3.05) is 0 Å². The van der Waals surface area contributed by atoms with Crippen LogP contribution >= 0.6 is 0 Å². The monoisotopic (exact) mass is 208 g/mol. The third kappa shape index (κ3) is 4.65. The lowest BCUT2D eigenvalue weighted by Crippen LogP contribution is -2.02. The highest BCUT2D eigenvalue weighted by Gasteiger charge is 2.46. The fourth-order valence-electron chi connectivity index (χ4n) is 1.79. The Kier molecular flexibility index (Phi) is 4.59. The van der Waals surface area contributed by atoms with Crippen molar-refractivity contribution in [1.29, 1.82) is 0 Å². The second kappa shape index (κ2) is 5.50. The molecule has 1 rings (SSSR count). The highest BCUT2D eigenvalue weighted by Crippen LogP contribution is 2.38. The Morgan fingerprint density at radius 3 is 2.53 bits per heavy atom. The van der Waals surface area contributed by atoms with Crippen LogP contribution in [0.25, 0.3) is 0 Å². The molecule has 0 aliphatic carbocycles. The van der Waals surface area contributed by atoms with Crippen LogP contribution in [0.3, 0.4) is 0 Å². The molecule has 1 fully saturated rings. The molecular formula is C14H24O. The van der Waals surface area contributed by atoms with E-state index in [4.69, 9.17) is 4.74 Å². The van der Waals surface area contributed by atoms with Gasteiger partial charge in [-0.05, 0) is 53.4 Å². The molecule has 0 aromatic carbocycles. The molecule has 86 valence electrons. The molecule has 15 heavy (non-hydrogen) atoms. The number of hydrogen-bond acceptors (Lipinski definition) is 1. The largest absolute Gasteiger partial charge is 0.367 e. The average molecular weight is 208 g/mol. The van der Waals surface area contributed by atoms with Gasteiger partial charge in [-0.2, -0.15) is 0 Å². The summed E-state index contributed by atoms with van der Waals surface area (Å²) in [5.74, 6) is 0. The number of rotatable bonds is 6. The molecule has 0 unspecified atom stereocenters. The van der Waals surface area contributed by atoms with Crippen molar-refractivity contribution in [3.63, 3.8) is 0 Å². The summed E-state index contributed by atoms with van der Waals surface area (Å²) in [6, 6.07) is 0. The van der Waals surface area contributed by atoms with Gasteiger partial charge in [0.05, 0.1) is 11.7 Å². The molecule has 0 amide bonds. The van der Waals surface area contributed by atoms with E-state index in [-0.39, 0.29) is 5.60 Å². The van der Waals surface area contributed by atoms with E-state index in [1.165, 1.54) is 31.3 Å². The summed E-state index contributed by atoms with van der Waals surface area (Å²) >= 11 is 0. The lowest BCUT2D eigenvalue weighted by Gasteiger charge is -2.00. The summed E-state index contributed by atoms with van der Waals surface area (Å²) < 4.78 is 5.56. The minimum absolute atomic E-state index is 0.158. The van der Waals surface area contributed by atoms with Gasteiger partial charge < -0.3 is 4.74 Å². The van der Waals surface area contributed by atoms with Gasteiger partial charge in [0.25, 0.3) is 0 Å². The SMILES string of the molecule is C/C=C/CC/C=C(\C)CC[C@@H]1OC1(C)C. The summed E-state index contributed by atoms with van der Waals surface area (Å²) in [6.45, 7) is 8.64. The quantitative estimate of drug-likeness (QED) is 0.361. The zero-order valence-electron chi connectivity index (χ0n) is 10.5. The second-order valence-corrected chi connectivity index (χ2v) is 4.95. The highest BCUT2D eigenvalue weighted by molar-refractivity contribution is 5.03. The summed E-state index contributed by atoms with van der Waals surface area (Å²) in [5, 5.41) is 0. The normalized spacial score (nSPS) is 24.8. The summed E-state index contributed by atoms with van der Waals surface area (Å²) in [4.78, 5) is 0. The number of allylic oxidation sites excluding steroid dienone is 4. The van der Waals surface area contributed by atoms with Gasteiger partial charge in [-0.25, -0.2) is 0 Å². The topological polar surface area (TPSA) is 12.5 Å². The van der Waals surface area contributed by atoms with Crippen LogP contribution < -0.4 is 0 Å². The molecule has 1 aliphatic heterocycles. The van der Waals surface area contributed by atoms with Crippen molar-refractivity contribution < 1.29 is 4.74 Å². The molecule has 0 spiro atoms. The van der Waals surface area contributed by atoms with Gasteiger partial charge in [-0.15, -0.1) is 0 Å². The number of hydrogen-bond donors (Lipinski definition) is 0. The van der Waals surface area contributed by atoms with Crippen LogP contribution in [0.2, 0.25) is 0 Å². The first kappa shape index (κ1) is 12.5. The molecule has 0 aromatic rings. The van der Waals surface area contributed by atoms with Gasteiger partial charge in [0, 0.05) is 0 Å². The summed E-state index contributed by atoms with van der Waals surface area (Å²) in [6.07, 6.45) is 11.9. The molecule has 0 N–H and O–H groups in total. The zero-order valence-corrected chi connectivity index (χ0v) is 10.5. The van der Waals surface area contributed by atoms with E-state index in [1.54, 1.807) is 0 Å². The fraction of sp³-hybridized carbons (Fsp3) is 0.714. The van der Waals surface area contributed by atoms with Crippen LogP contribution in [0.15, 0.2) is 23.8 Å². The van der Waals surface area contributed by atoms with Gasteiger partial charge in [0.2, 0.25) is 0 Å². The molecule has 0 aromatic heterocycles. The van der Waals surface area contributed by atoms with Crippen molar-refractivity contribution in [2.45, 2.75) is 65.1 Å². The lowest BCUT2D eigenvalue weighted by atomic mass is 10.0. The Hall–Kier alpha value is -0.560. The van der Waals surface area contributed by atoms with E-state index < -0.39 is 0 Å². The average Bonchev–Trinajstić information content (AvgIpc) is 2.78. The van der Waals surface area contributed by atoms with Crippen LogP contribution in [-0.4, -0.2) is 11.7 Å². The van der Waals surface area contributed by atoms with Crippen LogP contribution in [0.5, 0.6) is 0 Å². The smallest absolute Gasteiger partial charge is 0.0892 e. The summed E-state index contributed by atoms with van der Waals surface area (Å²) in [5.41, 5.74) is 1.66. The van der Waals surface area contributed by atoms with Crippen molar-refractivity contribution in [3.05, 3.63) is 23.8 Å². The van der Waals surface area contributed by atoms with Crippen molar-refractivity contribution in [1.82, 2.24) is 0 Å². The van der Waals surface area contributed by atoms with Crippen molar-refractivity contribution >= 4 is 0 Å². The molecule has 1 atom stereocenters. The first-order chi connectivity index (χ1) is 7.06. The van der Waals surface area contributed by atoms with Crippen LogP contribution in [0, 0.1) is 0 Å². The van der Waals surface area contributed by atoms with E-state index in [0.29, 0.717) is 6.10 Å². The maximum Gasteiger partial charge on any atom is 0.0892 e. The van der Waals surface area contributed by atoms with E-state index in [1.807, 2.05) is 0 Å². The van der Waals surface area contributed by atoms with Gasteiger partial charge in [-0.3, -0.25) is 0 Å². The molecule has 1 aliphatic rings. The maximum absolute atomic E-state index is 5.56. The third-order valence-electron chi connectivity index (χ3n) is 3.03. The zero-order chi connectivity index (χ0) is 11.3.